The fraction of sp³-hybridized carbons (Fsp3) is 0.300. The second kappa shape index (κ2) is 5.27. The smallest absolute Gasteiger partial charge is 0.397 e. The molecule has 0 aromatic heterocycles. The first-order chi connectivity index (χ1) is 7.84. The first kappa shape index (κ1) is 13.6. The lowest BCUT2D eigenvalue weighted by atomic mass is 10.1. The zero-order valence-electron chi connectivity index (χ0n) is 8.64. The van der Waals surface area contributed by atoms with E-state index in [2.05, 4.69) is 5.32 Å². The fourth-order valence-corrected chi connectivity index (χ4v) is 1.32. The molecule has 7 heteroatoms. The van der Waals surface area contributed by atoms with Gasteiger partial charge in [-0.3, -0.25) is 4.79 Å². The van der Waals surface area contributed by atoms with Crippen LogP contribution in [0.4, 0.5) is 24.5 Å². The number of rotatable bonds is 3. The lowest BCUT2D eigenvalue weighted by molar-refractivity contribution is -0.137. The first-order valence-electron chi connectivity index (χ1n) is 4.67. The summed E-state index contributed by atoms with van der Waals surface area (Å²) in [6.07, 6.45) is -4.38. The van der Waals surface area contributed by atoms with Gasteiger partial charge in [0.25, 0.3) is 0 Å². The van der Waals surface area contributed by atoms with E-state index in [1.54, 1.807) is 0 Å². The molecule has 0 aliphatic carbocycles. The summed E-state index contributed by atoms with van der Waals surface area (Å²) in [6.45, 7) is 0. The highest BCUT2D eigenvalue weighted by atomic mass is 35.5. The second-order valence-electron chi connectivity index (χ2n) is 3.29. The van der Waals surface area contributed by atoms with E-state index in [0.717, 1.165) is 18.2 Å². The van der Waals surface area contributed by atoms with Crippen molar-refractivity contribution in [1.29, 1.82) is 0 Å². The number of carbonyl (C=O) groups is 1. The number of nitrogens with one attached hydrogen (secondary N) is 1. The minimum Gasteiger partial charge on any atom is -0.397 e. The van der Waals surface area contributed by atoms with E-state index >= 15 is 0 Å². The van der Waals surface area contributed by atoms with E-state index in [1.165, 1.54) is 0 Å². The van der Waals surface area contributed by atoms with E-state index < -0.39 is 17.6 Å². The van der Waals surface area contributed by atoms with Crippen LogP contribution in [0.3, 0.4) is 0 Å². The van der Waals surface area contributed by atoms with E-state index in [1.807, 2.05) is 0 Å². The molecule has 0 spiro atoms. The van der Waals surface area contributed by atoms with Crippen LogP contribution in [0, 0.1) is 0 Å². The van der Waals surface area contributed by atoms with E-state index in [-0.39, 0.29) is 23.7 Å². The molecule has 0 saturated carbocycles. The summed E-state index contributed by atoms with van der Waals surface area (Å²) >= 11 is 5.35. The standard InChI is InChI=1S/C10H10ClF3N2O/c11-4-3-9(17)16-8-2-1-6(5-7(8)15)10(12,13)14/h1-2,5H,3-4,15H2,(H,16,17). The topological polar surface area (TPSA) is 55.1 Å². The van der Waals surface area contributed by atoms with Crippen LogP contribution in [0.1, 0.15) is 12.0 Å². The number of nitrogen functional groups attached to an aromatic ring is 1. The first-order valence-corrected chi connectivity index (χ1v) is 5.20. The van der Waals surface area contributed by atoms with Gasteiger partial charge in [-0.2, -0.15) is 13.2 Å². The Balaban J connectivity index is 2.87. The summed E-state index contributed by atoms with van der Waals surface area (Å²) in [4.78, 5) is 11.2. The normalized spacial score (nSPS) is 11.3. The number of anilines is 2. The maximum atomic E-state index is 12.3. The summed E-state index contributed by atoms with van der Waals surface area (Å²) < 4.78 is 37.0. The molecule has 0 saturated heterocycles. The van der Waals surface area contributed by atoms with Gasteiger partial charge in [0, 0.05) is 12.3 Å². The predicted octanol–water partition coefficient (Wildman–Crippen LogP) is 2.86. The molecule has 0 heterocycles. The molecule has 0 atom stereocenters. The second-order valence-corrected chi connectivity index (χ2v) is 3.66. The molecule has 1 aromatic carbocycles. The number of hydrogen-bond acceptors (Lipinski definition) is 2. The number of amides is 1. The number of halogens is 4. The Bertz CT molecular complexity index is 421. The third-order valence-electron chi connectivity index (χ3n) is 1.97. The molecule has 0 unspecified atom stereocenters. The zero-order chi connectivity index (χ0) is 13.1. The van der Waals surface area contributed by atoms with Gasteiger partial charge in [-0.15, -0.1) is 11.6 Å². The molecular weight excluding hydrogens is 257 g/mol. The molecule has 0 aliphatic rings. The molecule has 1 aromatic rings. The Morgan fingerprint density at radius 2 is 2.06 bits per heavy atom. The molecule has 0 bridgehead atoms. The van der Waals surface area contributed by atoms with Crippen molar-refractivity contribution in [1.82, 2.24) is 0 Å². The summed E-state index contributed by atoms with van der Waals surface area (Å²) in [5.74, 6) is -0.265. The maximum Gasteiger partial charge on any atom is 0.416 e. The minimum absolute atomic E-state index is 0.0714. The predicted molar refractivity (Wildman–Crippen MR) is 59.8 cm³/mol. The van der Waals surface area contributed by atoms with Gasteiger partial charge in [0.15, 0.2) is 0 Å². The van der Waals surface area contributed by atoms with Crippen LogP contribution in [0.5, 0.6) is 0 Å². The Labute approximate surface area is 101 Å². The van der Waals surface area contributed by atoms with Crippen LogP contribution in [0.2, 0.25) is 0 Å². The Morgan fingerprint density at radius 3 is 2.53 bits per heavy atom. The Hall–Kier alpha value is -1.43. The fourth-order valence-electron chi connectivity index (χ4n) is 1.15. The van der Waals surface area contributed by atoms with Crippen molar-refractivity contribution in [3.63, 3.8) is 0 Å². The number of benzene rings is 1. The van der Waals surface area contributed by atoms with Crippen LogP contribution < -0.4 is 11.1 Å². The SMILES string of the molecule is Nc1cc(C(F)(F)F)ccc1NC(=O)CCCl. The Morgan fingerprint density at radius 1 is 1.41 bits per heavy atom. The molecule has 0 aliphatic heterocycles. The molecule has 1 rings (SSSR count). The maximum absolute atomic E-state index is 12.3. The minimum atomic E-state index is -4.45. The lowest BCUT2D eigenvalue weighted by Gasteiger charge is -2.11. The van der Waals surface area contributed by atoms with Gasteiger partial charge in [-0.25, -0.2) is 0 Å². The highest BCUT2D eigenvalue weighted by molar-refractivity contribution is 6.19. The molecule has 94 valence electrons. The molecule has 1 amide bonds. The average Bonchev–Trinajstić information content (AvgIpc) is 2.20. The van der Waals surface area contributed by atoms with E-state index in [0.29, 0.717) is 0 Å². The van der Waals surface area contributed by atoms with Crippen molar-refractivity contribution in [2.75, 3.05) is 16.9 Å². The van der Waals surface area contributed by atoms with E-state index in [9.17, 15) is 18.0 Å². The van der Waals surface area contributed by atoms with Crippen LogP contribution >= 0.6 is 11.6 Å². The molecule has 17 heavy (non-hydrogen) atoms. The highest BCUT2D eigenvalue weighted by Crippen LogP contribution is 2.32. The van der Waals surface area contributed by atoms with Crippen molar-refractivity contribution < 1.29 is 18.0 Å². The van der Waals surface area contributed by atoms with Crippen molar-refractivity contribution in [2.24, 2.45) is 0 Å². The van der Waals surface area contributed by atoms with Gasteiger partial charge in [-0.1, -0.05) is 0 Å². The van der Waals surface area contributed by atoms with E-state index in [4.69, 9.17) is 17.3 Å². The van der Waals surface area contributed by atoms with Crippen LogP contribution in [-0.4, -0.2) is 11.8 Å². The van der Waals surface area contributed by atoms with Crippen molar-refractivity contribution in [3.8, 4) is 0 Å². The molecule has 0 radical (unpaired) electrons. The largest absolute Gasteiger partial charge is 0.416 e. The van der Waals surface area contributed by atoms with Crippen molar-refractivity contribution in [2.45, 2.75) is 12.6 Å². The monoisotopic (exact) mass is 266 g/mol. The summed E-state index contributed by atoms with van der Waals surface area (Å²) in [5, 5.41) is 2.37. The average molecular weight is 267 g/mol. The van der Waals surface area contributed by atoms with Crippen LogP contribution in [0.25, 0.3) is 0 Å². The third kappa shape index (κ3) is 3.81. The number of carbonyl (C=O) groups excluding carboxylic acids is 1. The molecule has 3 nitrogen and oxygen atoms in total. The summed E-state index contributed by atoms with van der Waals surface area (Å²) in [5.41, 5.74) is 4.57. The third-order valence-corrected chi connectivity index (χ3v) is 2.16. The highest BCUT2D eigenvalue weighted by Gasteiger charge is 2.30. The van der Waals surface area contributed by atoms with Gasteiger partial charge in [-0.05, 0) is 18.2 Å². The molecule has 3 N–H and O–H groups in total. The zero-order valence-corrected chi connectivity index (χ0v) is 9.40. The van der Waals surface area contributed by atoms with Gasteiger partial charge in [0.05, 0.1) is 16.9 Å². The van der Waals surface area contributed by atoms with Crippen LogP contribution in [-0.2, 0) is 11.0 Å². The molecule has 0 fully saturated rings. The molecular formula is C10H10ClF3N2O. The number of nitrogens with two attached hydrogens (primary N) is 1. The number of hydrogen-bond donors (Lipinski definition) is 2. The van der Waals surface area contributed by atoms with Crippen molar-refractivity contribution >= 4 is 28.9 Å². The van der Waals surface area contributed by atoms with Gasteiger partial charge < -0.3 is 11.1 Å². The Kier molecular flexibility index (Phi) is 4.22. The summed E-state index contributed by atoms with van der Waals surface area (Å²) in [6, 6.07) is 2.74. The number of alkyl halides is 4. The lowest BCUT2D eigenvalue weighted by Crippen LogP contribution is -2.14. The van der Waals surface area contributed by atoms with Gasteiger partial charge in [0.1, 0.15) is 0 Å². The van der Waals surface area contributed by atoms with Gasteiger partial charge >= 0.3 is 6.18 Å². The van der Waals surface area contributed by atoms with Crippen LogP contribution in [0.15, 0.2) is 18.2 Å². The van der Waals surface area contributed by atoms with Crippen molar-refractivity contribution in [3.05, 3.63) is 23.8 Å². The van der Waals surface area contributed by atoms with Gasteiger partial charge in [0.2, 0.25) is 5.91 Å². The summed E-state index contributed by atoms with van der Waals surface area (Å²) in [7, 11) is 0. The quantitative estimate of drug-likeness (QED) is 0.653.